The topological polar surface area (TPSA) is 85.1 Å². The maximum atomic E-state index is 12.2. The van der Waals surface area contributed by atoms with E-state index in [1.807, 2.05) is 0 Å². The predicted octanol–water partition coefficient (Wildman–Crippen LogP) is 4.20. The minimum absolute atomic E-state index is 0.0389. The number of carbonyl (C=O) groups excluding carboxylic acids is 1. The van der Waals surface area contributed by atoms with E-state index in [9.17, 15) is 14.9 Å². The van der Waals surface area contributed by atoms with Gasteiger partial charge in [-0.25, -0.2) is 4.98 Å². The third-order valence-corrected chi connectivity index (χ3v) is 3.52. The molecule has 1 aromatic carbocycles. The number of benzene rings is 1. The number of carbonyl (C=O) groups is 1. The highest BCUT2D eigenvalue weighted by molar-refractivity contribution is 6.44. The zero-order chi connectivity index (χ0) is 15.6. The fourth-order valence-electron chi connectivity index (χ4n) is 1.54. The smallest absolute Gasteiger partial charge is 0.300 e. The minimum atomic E-state index is -0.741. The number of hydrogen-bond acceptors (Lipinski definition) is 4. The van der Waals surface area contributed by atoms with Crippen LogP contribution in [0.25, 0.3) is 0 Å². The van der Waals surface area contributed by atoms with Gasteiger partial charge >= 0.3 is 0 Å². The van der Waals surface area contributed by atoms with Crippen LogP contribution in [0.1, 0.15) is 10.4 Å². The quantitative estimate of drug-likeness (QED) is 0.512. The second kappa shape index (κ2) is 6.26. The van der Waals surface area contributed by atoms with Crippen LogP contribution in [0.4, 0.5) is 11.4 Å². The molecule has 108 valence electrons. The molecule has 0 aliphatic rings. The Hall–Kier alpha value is -1.89. The molecule has 0 aliphatic heterocycles. The van der Waals surface area contributed by atoms with E-state index >= 15 is 0 Å². The molecule has 1 aromatic heterocycles. The molecule has 2 rings (SSSR count). The molecule has 1 amide bonds. The molecule has 0 spiro atoms. The summed E-state index contributed by atoms with van der Waals surface area (Å²) < 4.78 is 0. The van der Waals surface area contributed by atoms with Crippen molar-refractivity contribution in [3.8, 4) is 0 Å². The Morgan fingerprint density at radius 1 is 1.29 bits per heavy atom. The van der Waals surface area contributed by atoms with Gasteiger partial charge in [0.15, 0.2) is 0 Å². The fourth-order valence-corrected chi connectivity index (χ4v) is 2.05. The van der Waals surface area contributed by atoms with Crippen molar-refractivity contribution >= 4 is 52.1 Å². The van der Waals surface area contributed by atoms with Gasteiger partial charge < -0.3 is 5.32 Å². The molecule has 2 aromatic rings. The van der Waals surface area contributed by atoms with Gasteiger partial charge in [-0.05, 0) is 18.2 Å². The molecule has 21 heavy (non-hydrogen) atoms. The van der Waals surface area contributed by atoms with Gasteiger partial charge in [-0.2, -0.15) is 0 Å². The van der Waals surface area contributed by atoms with Gasteiger partial charge in [0.1, 0.15) is 16.9 Å². The third-order valence-electron chi connectivity index (χ3n) is 2.49. The molecule has 0 radical (unpaired) electrons. The SMILES string of the molecule is O=C(Nc1cccc(Cl)c1Cl)c1cc(Cl)ncc1[N+](=O)[O-]. The Bertz CT molecular complexity index is 737. The Kier molecular flexibility index (Phi) is 4.62. The zero-order valence-corrected chi connectivity index (χ0v) is 12.4. The van der Waals surface area contributed by atoms with Crippen LogP contribution in [-0.2, 0) is 0 Å². The third kappa shape index (κ3) is 3.41. The van der Waals surface area contributed by atoms with Crippen LogP contribution in [0.5, 0.6) is 0 Å². The monoisotopic (exact) mass is 345 g/mol. The minimum Gasteiger partial charge on any atom is -0.320 e. The van der Waals surface area contributed by atoms with Crippen LogP contribution >= 0.6 is 34.8 Å². The van der Waals surface area contributed by atoms with E-state index in [0.29, 0.717) is 0 Å². The zero-order valence-electron chi connectivity index (χ0n) is 10.1. The molecular formula is C12H6Cl3N3O3. The average Bonchev–Trinajstić information content (AvgIpc) is 2.43. The fraction of sp³-hybridized carbons (Fsp3) is 0. The highest BCUT2D eigenvalue weighted by Crippen LogP contribution is 2.30. The number of halogens is 3. The Balaban J connectivity index is 2.39. The Morgan fingerprint density at radius 3 is 2.67 bits per heavy atom. The van der Waals surface area contributed by atoms with Crippen molar-refractivity contribution in [3.63, 3.8) is 0 Å². The number of nitrogens with zero attached hydrogens (tertiary/aromatic N) is 2. The van der Waals surface area contributed by atoms with Crippen LogP contribution in [0.3, 0.4) is 0 Å². The van der Waals surface area contributed by atoms with Crippen molar-refractivity contribution in [1.29, 1.82) is 0 Å². The molecule has 1 heterocycles. The van der Waals surface area contributed by atoms with Crippen LogP contribution in [0.15, 0.2) is 30.5 Å². The molecular weight excluding hydrogens is 341 g/mol. The van der Waals surface area contributed by atoms with E-state index < -0.39 is 16.5 Å². The summed E-state index contributed by atoms with van der Waals surface area (Å²) in [5.41, 5.74) is -0.456. The van der Waals surface area contributed by atoms with Crippen LogP contribution < -0.4 is 5.32 Å². The van der Waals surface area contributed by atoms with Crippen LogP contribution in [0.2, 0.25) is 15.2 Å². The molecule has 0 saturated carbocycles. The lowest BCUT2D eigenvalue weighted by atomic mass is 10.2. The van der Waals surface area contributed by atoms with Crippen LogP contribution in [-0.4, -0.2) is 15.8 Å². The lowest BCUT2D eigenvalue weighted by Gasteiger charge is -2.08. The van der Waals surface area contributed by atoms with Crippen molar-refractivity contribution in [2.75, 3.05) is 5.32 Å². The summed E-state index contributed by atoms with van der Waals surface area (Å²) in [5, 5.41) is 13.7. The predicted molar refractivity (Wildman–Crippen MR) is 80.3 cm³/mol. The molecule has 0 fully saturated rings. The van der Waals surface area contributed by atoms with E-state index in [-0.39, 0.29) is 26.4 Å². The Morgan fingerprint density at radius 2 is 2.00 bits per heavy atom. The van der Waals surface area contributed by atoms with Gasteiger partial charge in [0, 0.05) is 0 Å². The first-order valence-electron chi connectivity index (χ1n) is 5.45. The first kappa shape index (κ1) is 15.5. The van der Waals surface area contributed by atoms with Crippen LogP contribution in [0, 0.1) is 10.1 Å². The number of nitro groups is 1. The number of nitrogens with one attached hydrogen (secondary N) is 1. The van der Waals surface area contributed by atoms with Gasteiger partial charge in [0.05, 0.1) is 20.7 Å². The first-order chi connectivity index (χ1) is 9.90. The molecule has 0 unspecified atom stereocenters. The molecule has 6 nitrogen and oxygen atoms in total. The van der Waals surface area contributed by atoms with E-state index in [0.717, 1.165) is 12.3 Å². The normalized spacial score (nSPS) is 10.2. The number of hydrogen-bond donors (Lipinski definition) is 1. The van der Waals surface area contributed by atoms with Crippen molar-refractivity contribution in [2.45, 2.75) is 0 Å². The molecule has 0 aliphatic carbocycles. The van der Waals surface area contributed by atoms with E-state index in [1.165, 1.54) is 6.07 Å². The molecule has 0 bridgehead atoms. The van der Waals surface area contributed by atoms with Gasteiger partial charge in [0.25, 0.3) is 11.6 Å². The molecule has 9 heteroatoms. The first-order valence-corrected chi connectivity index (χ1v) is 6.59. The maximum Gasteiger partial charge on any atom is 0.300 e. The van der Waals surface area contributed by atoms with Gasteiger partial charge in [-0.3, -0.25) is 14.9 Å². The largest absolute Gasteiger partial charge is 0.320 e. The van der Waals surface area contributed by atoms with Crippen molar-refractivity contribution in [3.05, 3.63) is 61.3 Å². The second-order valence-electron chi connectivity index (χ2n) is 3.84. The van der Waals surface area contributed by atoms with Gasteiger partial charge in [0.2, 0.25) is 0 Å². The summed E-state index contributed by atoms with van der Waals surface area (Å²) >= 11 is 17.4. The summed E-state index contributed by atoms with van der Waals surface area (Å²) in [5.74, 6) is -0.741. The number of amides is 1. The summed E-state index contributed by atoms with van der Waals surface area (Å²) in [6.45, 7) is 0. The van der Waals surface area contributed by atoms with Crippen molar-refractivity contribution < 1.29 is 9.72 Å². The summed E-state index contributed by atoms with van der Waals surface area (Å²) in [7, 11) is 0. The lowest BCUT2D eigenvalue weighted by Crippen LogP contribution is -2.14. The Labute approximate surface area is 133 Å². The lowest BCUT2D eigenvalue weighted by molar-refractivity contribution is -0.385. The molecule has 1 N–H and O–H groups in total. The summed E-state index contributed by atoms with van der Waals surface area (Å²) in [6.07, 6.45) is 0.914. The number of aromatic nitrogens is 1. The van der Waals surface area contributed by atoms with E-state index in [2.05, 4.69) is 10.3 Å². The summed E-state index contributed by atoms with van der Waals surface area (Å²) in [6, 6.07) is 5.75. The second-order valence-corrected chi connectivity index (χ2v) is 5.01. The average molecular weight is 347 g/mol. The highest BCUT2D eigenvalue weighted by Gasteiger charge is 2.22. The number of rotatable bonds is 3. The van der Waals surface area contributed by atoms with Crippen molar-refractivity contribution in [2.24, 2.45) is 0 Å². The van der Waals surface area contributed by atoms with Crippen molar-refractivity contribution in [1.82, 2.24) is 4.98 Å². The molecule has 0 atom stereocenters. The maximum absolute atomic E-state index is 12.2. The number of pyridine rings is 1. The highest BCUT2D eigenvalue weighted by atomic mass is 35.5. The molecule has 0 saturated heterocycles. The van der Waals surface area contributed by atoms with E-state index in [1.54, 1.807) is 12.1 Å². The summed E-state index contributed by atoms with van der Waals surface area (Å²) in [4.78, 5) is 25.9. The van der Waals surface area contributed by atoms with Gasteiger partial charge in [-0.15, -0.1) is 0 Å². The van der Waals surface area contributed by atoms with Gasteiger partial charge in [-0.1, -0.05) is 40.9 Å². The standard InChI is InChI=1S/C12H6Cl3N3O3/c13-7-2-1-3-8(11(7)15)17-12(19)6-4-10(14)16-5-9(6)18(20)21/h1-5H,(H,17,19). The number of anilines is 1. The van der Waals surface area contributed by atoms with E-state index in [4.69, 9.17) is 34.8 Å².